The zero-order valence-electron chi connectivity index (χ0n) is 12.2. The monoisotopic (exact) mass is 316 g/mol. The largest absolute Gasteiger partial charge is 0.494 e. The summed E-state index contributed by atoms with van der Waals surface area (Å²) < 4.78 is 18.3. The Bertz CT molecular complexity index is 483. The third kappa shape index (κ3) is 4.32. The summed E-state index contributed by atoms with van der Waals surface area (Å²) in [7, 11) is 1.39. The van der Waals surface area contributed by atoms with Crippen molar-refractivity contribution in [3.05, 3.63) is 29.6 Å². The lowest BCUT2D eigenvalue weighted by Gasteiger charge is -2.32. The van der Waals surface area contributed by atoms with E-state index in [-0.39, 0.29) is 24.1 Å². The summed E-state index contributed by atoms with van der Waals surface area (Å²) in [5, 5.41) is 0. The van der Waals surface area contributed by atoms with Crippen LogP contribution < -0.4 is 10.5 Å². The number of carbonyl (C=O) groups is 1. The van der Waals surface area contributed by atoms with E-state index in [1.807, 2.05) is 4.90 Å². The number of benzene rings is 1. The molecule has 0 radical (unpaired) electrons. The number of hydrogen-bond donors (Lipinski definition) is 1. The molecule has 1 fully saturated rings. The maximum atomic E-state index is 13.4. The summed E-state index contributed by atoms with van der Waals surface area (Å²) in [6, 6.07) is 4.24. The van der Waals surface area contributed by atoms with Gasteiger partial charge in [-0.1, -0.05) is 0 Å². The smallest absolute Gasteiger partial charge is 0.254 e. The molecule has 1 aromatic rings. The van der Waals surface area contributed by atoms with Crippen LogP contribution in [0.3, 0.4) is 0 Å². The number of methoxy groups -OCH3 is 1. The van der Waals surface area contributed by atoms with E-state index < -0.39 is 5.82 Å². The highest BCUT2D eigenvalue weighted by Gasteiger charge is 2.24. The minimum absolute atomic E-state index is 0. The van der Waals surface area contributed by atoms with Gasteiger partial charge in [0.15, 0.2) is 11.6 Å². The Morgan fingerprint density at radius 3 is 2.95 bits per heavy atom. The molecular formula is C15H22ClFN2O2. The maximum Gasteiger partial charge on any atom is 0.254 e. The molecule has 1 heterocycles. The molecule has 6 heteroatoms. The standard InChI is InChI=1S/C15H21FN2O2.ClH/c1-20-14-9-12(4-5-13(14)16)15(19)18-8-2-3-11(10-18)6-7-17;/h4-5,9,11H,2-3,6-8,10,17H2,1H3;1H. The first-order chi connectivity index (χ1) is 9.65. The van der Waals surface area contributed by atoms with Crippen molar-refractivity contribution in [2.24, 2.45) is 11.7 Å². The van der Waals surface area contributed by atoms with Crippen LogP contribution in [0, 0.1) is 11.7 Å². The lowest BCUT2D eigenvalue weighted by atomic mass is 9.94. The Hall–Kier alpha value is -1.33. The fourth-order valence-electron chi connectivity index (χ4n) is 2.70. The van der Waals surface area contributed by atoms with Crippen molar-refractivity contribution < 1.29 is 13.9 Å². The topological polar surface area (TPSA) is 55.6 Å². The van der Waals surface area contributed by atoms with Crippen molar-refractivity contribution in [2.75, 3.05) is 26.7 Å². The average Bonchev–Trinajstić information content (AvgIpc) is 2.48. The van der Waals surface area contributed by atoms with Crippen molar-refractivity contribution in [1.29, 1.82) is 0 Å². The number of hydrogen-bond acceptors (Lipinski definition) is 3. The Kier molecular flexibility index (Phi) is 6.92. The van der Waals surface area contributed by atoms with Crippen LogP contribution in [0.1, 0.15) is 29.6 Å². The van der Waals surface area contributed by atoms with Crippen LogP contribution in [0.15, 0.2) is 18.2 Å². The van der Waals surface area contributed by atoms with Gasteiger partial charge in [-0.3, -0.25) is 4.79 Å². The van der Waals surface area contributed by atoms with Crippen LogP contribution >= 0.6 is 12.4 Å². The molecule has 0 aliphatic carbocycles. The molecule has 0 aromatic heterocycles. The van der Waals surface area contributed by atoms with E-state index in [9.17, 15) is 9.18 Å². The molecule has 1 unspecified atom stereocenters. The Labute approximate surface area is 130 Å². The number of rotatable bonds is 4. The third-order valence-corrected chi connectivity index (χ3v) is 3.78. The summed E-state index contributed by atoms with van der Waals surface area (Å²) >= 11 is 0. The molecule has 0 bridgehead atoms. The molecule has 2 rings (SSSR count). The lowest BCUT2D eigenvalue weighted by molar-refractivity contribution is 0.0669. The van der Waals surface area contributed by atoms with E-state index in [0.29, 0.717) is 18.0 Å². The van der Waals surface area contributed by atoms with Crippen molar-refractivity contribution >= 4 is 18.3 Å². The first kappa shape index (κ1) is 17.7. The number of nitrogens with zero attached hydrogens (tertiary/aromatic N) is 1. The molecule has 1 amide bonds. The van der Waals surface area contributed by atoms with Gasteiger partial charge in [-0.15, -0.1) is 12.4 Å². The second-order valence-electron chi connectivity index (χ2n) is 5.19. The SMILES string of the molecule is COc1cc(C(=O)N2CCCC(CCN)C2)ccc1F.Cl. The molecule has 2 N–H and O–H groups in total. The zero-order valence-corrected chi connectivity index (χ0v) is 13.0. The maximum absolute atomic E-state index is 13.4. The lowest BCUT2D eigenvalue weighted by Crippen LogP contribution is -2.40. The van der Waals surface area contributed by atoms with Crippen molar-refractivity contribution in [3.8, 4) is 5.75 Å². The Morgan fingerprint density at radius 1 is 1.52 bits per heavy atom. The first-order valence-electron chi connectivity index (χ1n) is 6.98. The van der Waals surface area contributed by atoms with Crippen LogP contribution in [0.4, 0.5) is 4.39 Å². The quantitative estimate of drug-likeness (QED) is 0.928. The summed E-state index contributed by atoms with van der Waals surface area (Å²) in [5.74, 6) is 0.0557. The summed E-state index contributed by atoms with van der Waals surface area (Å²) in [5.41, 5.74) is 6.05. The van der Waals surface area contributed by atoms with Gasteiger partial charge in [0, 0.05) is 18.7 Å². The van der Waals surface area contributed by atoms with E-state index in [0.717, 1.165) is 32.4 Å². The second-order valence-corrected chi connectivity index (χ2v) is 5.19. The van der Waals surface area contributed by atoms with E-state index in [4.69, 9.17) is 10.5 Å². The molecule has 1 saturated heterocycles. The number of amides is 1. The van der Waals surface area contributed by atoms with Crippen LogP contribution in [-0.2, 0) is 0 Å². The van der Waals surface area contributed by atoms with E-state index in [2.05, 4.69) is 0 Å². The van der Waals surface area contributed by atoms with Crippen LogP contribution in [-0.4, -0.2) is 37.6 Å². The molecule has 1 atom stereocenters. The minimum atomic E-state index is -0.455. The van der Waals surface area contributed by atoms with Gasteiger partial charge in [0.1, 0.15) is 0 Å². The zero-order chi connectivity index (χ0) is 14.5. The Morgan fingerprint density at radius 2 is 2.29 bits per heavy atom. The van der Waals surface area contributed by atoms with Gasteiger partial charge in [-0.25, -0.2) is 4.39 Å². The summed E-state index contributed by atoms with van der Waals surface area (Å²) in [4.78, 5) is 14.3. The molecular weight excluding hydrogens is 295 g/mol. The van der Waals surface area contributed by atoms with Gasteiger partial charge in [0.25, 0.3) is 5.91 Å². The average molecular weight is 317 g/mol. The van der Waals surface area contributed by atoms with Gasteiger partial charge in [0.05, 0.1) is 7.11 Å². The van der Waals surface area contributed by atoms with Crippen LogP contribution in [0.25, 0.3) is 0 Å². The predicted octanol–water partition coefficient (Wildman–Crippen LogP) is 2.46. The second kappa shape index (κ2) is 8.20. The van der Waals surface area contributed by atoms with E-state index >= 15 is 0 Å². The molecule has 1 aromatic carbocycles. The van der Waals surface area contributed by atoms with Crippen molar-refractivity contribution in [2.45, 2.75) is 19.3 Å². The number of likely N-dealkylation sites (tertiary alicyclic amines) is 1. The minimum Gasteiger partial charge on any atom is -0.494 e. The van der Waals surface area contributed by atoms with Crippen molar-refractivity contribution in [3.63, 3.8) is 0 Å². The molecule has 1 aliphatic rings. The van der Waals surface area contributed by atoms with E-state index in [1.165, 1.54) is 25.3 Å². The van der Waals surface area contributed by atoms with Crippen LogP contribution in [0.5, 0.6) is 5.75 Å². The van der Waals surface area contributed by atoms with Gasteiger partial charge < -0.3 is 15.4 Å². The van der Waals surface area contributed by atoms with E-state index in [1.54, 1.807) is 0 Å². The van der Waals surface area contributed by atoms with Crippen LogP contribution in [0.2, 0.25) is 0 Å². The molecule has 21 heavy (non-hydrogen) atoms. The number of halogens is 2. The molecule has 0 spiro atoms. The first-order valence-corrected chi connectivity index (χ1v) is 6.98. The molecule has 118 valence electrons. The number of piperidine rings is 1. The highest BCUT2D eigenvalue weighted by Crippen LogP contribution is 2.23. The number of carbonyl (C=O) groups excluding carboxylic acids is 1. The fraction of sp³-hybridized carbons (Fsp3) is 0.533. The highest BCUT2D eigenvalue weighted by molar-refractivity contribution is 5.94. The van der Waals surface area contributed by atoms with Gasteiger partial charge in [-0.2, -0.15) is 0 Å². The van der Waals surface area contributed by atoms with Crippen molar-refractivity contribution in [1.82, 2.24) is 4.90 Å². The summed E-state index contributed by atoms with van der Waals surface area (Å²) in [6.45, 7) is 2.13. The Balaban J connectivity index is 0.00000220. The predicted molar refractivity (Wildman–Crippen MR) is 82.5 cm³/mol. The molecule has 1 aliphatic heterocycles. The van der Waals surface area contributed by atoms with Gasteiger partial charge in [0.2, 0.25) is 0 Å². The number of ether oxygens (including phenoxy) is 1. The fourth-order valence-corrected chi connectivity index (χ4v) is 2.70. The highest BCUT2D eigenvalue weighted by atomic mass is 35.5. The normalized spacial score (nSPS) is 18.0. The third-order valence-electron chi connectivity index (χ3n) is 3.78. The molecule has 4 nitrogen and oxygen atoms in total. The summed E-state index contributed by atoms with van der Waals surface area (Å²) in [6.07, 6.45) is 3.05. The van der Waals surface area contributed by atoms with Gasteiger partial charge in [-0.05, 0) is 49.9 Å². The van der Waals surface area contributed by atoms with Gasteiger partial charge >= 0.3 is 0 Å². The molecule has 0 saturated carbocycles. The number of nitrogens with two attached hydrogens (primary N) is 1.